The molecule has 0 fully saturated rings. The van der Waals surface area contributed by atoms with Gasteiger partial charge in [-0.25, -0.2) is 0 Å². The average Bonchev–Trinajstić information content (AvgIpc) is 2.52. The molecule has 1 nitrogen and oxygen atoms in total. The van der Waals surface area contributed by atoms with Gasteiger partial charge in [0.2, 0.25) is 0 Å². The lowest BCUT2D eigenvalue weighted by molar-refractivity contribution is 0.154. The van der Waals surface area contributed by atoms with Crippen molar-refractivity contribution in [1.29, 1.82) is 0 Å². The summed E-state index contributed by atoms with van der Waals surface area (Å²) in [6.07, 6.45) is 22.5. The van der Waals surface area contributed by atoms with Crippen molar-refractivity contribution in [2.75, 3.05) is 0 Å². The van der Waals surface area contributed by atoms with Gasteiger partial charge in [0.15, 0.2) is 8.32 Å². The van der Waals surface area contributed by atoms with Gasteiger partial charge in [0, 0.05) is 12.5 Å². The average molecular weight is 367 g/mol. The van der Waals surface area contributed by atoms with Crippen molar-refractivity contribution in [3.8, 4) is 12.3 Å². The Morgan fingerprint density at radius 3 is 1.80 bits per heavy atom. The molecule has 0 radical (unpaired) electrons. The highest BCUT2D eigenvalue weighted by Gasteiger charge is 2.38. The van der Waals surface area contributed by atoms with E-state index in [0.717, 1.165) is 6.42 Å². The van der Waals surface area contributed by atoms with Crippen molar-refractivity contribution in [2.45, 2.75) is 135 Å². The maximum Gasteiger partial charge on any atom is 0.192 e. The van der Waals surface area contributed by atoms with Crippen LogP contribution in [0.5, 0.6) is 0 Å². The zero-order chi connectivity index (χ0) is 19.2. The van der Waals surface area contributed by atoms with E-state index in [4.69, 9.17) is 10.8 Å². The Hall–Kier alpha value is -0.263. The van der Waals surface area contributed by atoms with E-state index >= 15 is 0 Å². The fourth-order valence-electron chi connectivity index (χ4n) is 2.96. The molecule has 0 aromatic heterocycles. The highest BCUT2D eigenvalue weighted by molar-refractivity contribution is 6.74. The summed E-state index contributed by atoms with van der Waals surface area (Å²) in [7, 11) is -1.64. The van der Waals surface area contributed by atoms with E-state index in [9.17, 15) is 0 Å². The first-order chi connectivity index (χ1) is 11.7. The SMILES string of the molecule is C#CCCCCCCCCC[C@H](CCCCC)O[Si](C)(C)C(C)(C)C. The molecule has 0 unspecified atom stereocenters. The Morgan fingerprint density at radius 2 is 1.32 bits per heavy atom. The molecule has 0 bridgehead atoms. The van der Waals surface area contributed by atoms with Gasteiger partial charge in [-0.15, -0.1) is 12.3 Å². The highest BCUT2D eigenvalue weighted by Crippen LogP contribution is 2.38. The molecule has 25 heavy (non-hydrogen) atoms. The smallest absolute Gasteiger partial charge is 0.192 e. The summed E-state index contributed by atoms with van der Waals surface area (Å²) in [4.78, 5) is 0. The van der Waals surface area contributed by atoms with Crippen LogP contribution in [-0.2, 0) is 4.43 Å². The number of terminal acetylenes is 1. The molecule has 0 aromatic rings. The summed E-state index contributed by atoms with van der Waals surface area (Å²) in [5.74, 6) is 2.73. The third kappa shape index (κ3) is 12.7. The number of hydrogen-bond acceptors (Lipinski definition) is 1. The molecular formula is C23H46OSi. The molecule has 0 saturated heterocycles. The molecule has 0 aromatic carbocycles. The molecule has 0 aliphatic rings. The molecule has 0 aliphatic carbocycles. The van der Waals surface area contributed by atoms with Crippen LogP contribution >= 0.6 is 0 Å². The molecule has 0 heterocycles. The van der Waals surface area contributed by atoms with Crippen LogP contribution < -0.4 is 0 Å². The molecule has 0 saturated carbocycles. The molecule has 1 atom stereocenters. The molecule has 0 N–H and O–H groups in total. The summed E-state index contributed by atoms with van der Waals surface area (Å²) in [5.41, 5.74) is 0. The minimum absolute atomic E-state index is 0.314. The minimum Gasteiger partial charge on any atom is -0.414 e. The second kappa shape index (κ2) is 13.9. The predicted octanol–water partition coefficient (Wildman–Crippen LogP) is 8.10. The van der Waals surface area contributed by atoms with Gasteiger partial charge >= 0.3 is 0 Å². The first kappa shape index (κ1) is 24.7. The van der Waals surface area contributed by atoms with E-state index < -0.39 is 8.32 Å². The topological polar surface area (TPSA) is 9.23 Å². The van der Waals surface area contributed by atoms with E-state index in [-0.39, 0.29) is 0 Å². The van der Waals surface area contributed by atoms with Crippen LogP contribution in [0.15, 0.2) is 0 Å². The van der Waals surface area contributed by atoms with Crippen molar-refractivity contribution < 1.29 is 4.43 Å². The zero-order valence-corrected chi connectivity index (χ0v) is 19.3. The van der Waals surface area contributed by atoms with Crippen LogP contribution in [0.1, 0.15) is 111 Å². The summed E-state index contributed by atoms with van der Waals surface area (Å²) in [6.45, 7) is 14.1. The molecule has 0 amide bonds. The van der Waals surface area contributed by atoms with Crippen LogP contribution in [0.4, 0.5) is 0 Å². The Kier molecular flexibility index (Phi) is 13.7. The fourth-order valence-corrected chi connectivity index (χ4v) is 4.38. The van der Waals surface area contributed by atoms with Crippen LogP contribution in [0.2, 0.25) is 18.1 Å². The van der Waals surface area contributed by atoms with E-state index in [1.54, 1.807) is 0 Å². The first-order valence-corrected chi connectivity index (χ1v) is 13.8. The fraction of sp³-hybridized carbons (Fsp3) is 0.913. The minimum atomic E-state index is -1.64. The van der Waals surface area contributed by atoms with Gasteiger partial charge in [0.05, 0.1) is 0 Å². The second-order valence-corrected chi connectivity index (χ2v) is 14.0. The normalized spacial score (nSPS) is 13.6. The number of hydrogen-bond donors (Lipinski definition) is 0. The van der Waals surface area contributed by atoms with Crippen molar-refractivity contribution in [2.24, 2.45) is 0 Å². The Morgan fingerprint density at radius 1 is 0.840 bits per heavy atom. The summed E-state index contributed by atoms with van der Waals surface area (Å²) in [5, 5.41) is 0.314. The molecule has 2 heteroatoms. The van der Waals surface area contributed by atoms with Crippen molar-refractivity contribution in [3.05, 3.63) is 0 Å². The zero-order valence-electron chi connectivity index (χ0n) is 18.3. The lowest BCUT2D eigenvalue weighted by Crippen LogP contribution is -2.44. The monoisotopic (exact) mass is 366 g/mol. The van der Waals surface area contributed by atoms with Crippen LogP contribution in [0, 0.1) is 12.3 Å². The summed E-state index contributed by atoms with van der Waals surface area (Å²) in [6, 6.07) is 0. The highest BCUT2D eigenvalue weighted by atomic mass is 28.4. The lowest BCUT2D eigenvalue weighted by Gasteiger charge is -2.39. The van der Waals surface area contributed by atoms with Gasteiger partial charge < -0.3 is 4.43 Å². The van der Waals surface area contributed by atoms with Crippen molar-refractivity contribution >= 4 is 8.32 Å². The Labute approximate surface area is 160 Å². The summed E-state index contributed by atoms with van der Waals surface area (Å²) >= 11 is 0. The molecular weight excluding hydrogens is 320 g/mol. The number of unbranched alkanes of at least 4 members (excludes halogenated alkanes) is 9. The van der Waals surface area contributed by atoms with Crippen LogP contribution in [0.3, 0.4) is 0 Å². The van der Waals surface area contributed by atoms with Gasteiger partial charge in [-0.05, 0) is 37.4 Å². The molecule has 148 valence electrons. The maximum absolute atomic E-state index is 6.74. The largest absolute Gasteiger partial charge is 0.414 e. The molecule has 0 aliphatic heterocycles. The number of rotatable bonds is 15. The standard InChI is InChI=1S/C23H46OSi/c1-8-10-12-13-14-15-16-17-19-21-22(20-18-11-9-2)24-25(6,7)23(3,4)5/h1,22H,9-21H2,2-7H3/t22-/m0/s1. The van der Waals surface area contributed by atoms with Gasteiger partial charge in [-0.2, -0.15) is 0 Å². The van der Waals surface area contributed by atoms with Crippen LogP contribution in [-0.4, -0.2) is 14.4 Å². The van der Waals surface area contributed by atoms with Crippen molar-refractivity contribution in [1.82, 2.24) is 0 Å². The van der Waals surface area contributed by atoms with Gasteiger partial charge in [-0.3, -0.25) is 0 Å². The third-order valence-corrected chi connectivity index (χ3v) is 10.3. The van der Waals surface area contributed by atoms with E-state index in [0.29, 0.717) is 11.1 Å². The Bertz CT molecular complexity index is 348. The van der Waals surface area contributed by atoms with Gasteiger partial charge in [-0.1, -0.05) is 85.5 Å². The summed E-state index contributed by atoms with van der Waals surface area (Å²) < 4.78 is 6.74. The van der Waals surface area contributed by atoms with E-state index in [1.807, 2.05) is 0 Å². The van der Waals surface area contributed by atoms with E-state index in [2.05, 4.69) is 46.7 Å². The first-order valence-electron chi connectivity index (χ1n) is 10.9. The van der Waals surface area contributed by atoms with Crippen LogP contribution in [0.25, 0.3) is 0 Å². The second-order valence-electron chi connectivity index (χ2n) is 9.21. The quantitative estimate of drug-likeness (QED) is 0.161. The molecule has 0 spiro atoms. The lowest BCUT2D eigenvalue weighted by atomic mass is 10.0. The molecule has 0 rings (SSSR count). The van der Waals surface area contributed by atoms with Gasteiger partial charge in [0.1, 0.15) is 0 Å². The Balaban J connectivity index is 4.09. The maximum atomic E-state index is 6.74. The van der Waals surface area contributed by atoms with Gasteiger partial charge in [0.25, 0.3) is 0 Å². The van der Waals surface area contributed by atoms with E-state index in [1.165, 1.54) is 77.0 Å². The van der Waals surface area contributed by atoms with Crippen molar-refractivity contribution in [3.63, 3.8) is 0 Å². The predicted molar refractivity (Wildman–Crippen MR) is 117 cm³/mol. The third-order valence-electron chi connectivity index (χ3n) is 5.74.